The molecule has 0 spiro atoms. The lowest BCUT2D eigenvalue weighted by molar-refractivity contribution is -0.384. The highest BCUT2D eigenvalue weighted by Crippen LogP contribution is 2.33. The number of β-amino-alcohol motifs (C(OH)–C–C–N with tert-alkyl or cyclic N) is 1. The first-order valence-electron chi connectivity index (χ1n) is 10.4. The predicted octanol–water partition coefficient (Wildman–Crippen LogP) is 1.47. The number of aliphatic hydroxyl groups is 1. The molecule has 0 unspecified atom stereocenters. The molecule has 0 saturated carbocycles. The van der Waals surface area contributed by atoms with E-state index in [0.29, 0.717) is 56.1 Å². The Morgan fingerprint density at radius 2 is 1.67 bits per heavy atom. The second-order valence-corrected chi connectivity index (χ2v) is 7.55. The van der Waals surface area contributed by atoms with Crippen LogP contribution < -0.4 is 0 Å². The molecule has 1 N–H and O–H groups in total. The summed E-state index contributed by atoms with van der Waals surface area (Å²) >= 11 is 0. The van der Waals surface area contributed by atoms with Crippen LogP contribution in [0, 0.1) is 10.1 Å². The monoisotopic (exact) mass is 416 g/mol. The standard InChI is InChI=1S/C21H28N4O5/c1-2-3-4-9-24-20(27)18(16-5-7-17(8-6-16)25(29)30)19(21(24)28)23-12-10-22(11-13-23)14-15-26/h5-8,26H,2-4,9-15H2,1H3. The van der Waals surface area contributed by atoms with Gasteiger partial charge in [-0.15, -0.1) is 0 Å². The summed E-state index contributed by atoms with van der Waals surface area (Å²) in [5.41, 5.74) is 1.16. The van der Waals surface area contributed by atoms with Crippen molar-refractivity contribution in [2.75, 3.05) is 45.9 Å². The summed E-state index contributed by atoms with van der Waals surface area (Å²) in [6, 6.07) is 5.79. The molecule has 2 heterocycles. The van der Waals surface area contributed by atoms with Gasteiger partial charge in [0.2, 0.25) is 0 Å². The number of hydrogen-bond donors (Lipinski definition) is 1. The van der Waals surface area contributed by atoms with Crippen molar-refractivity contribution in [1.29, 1.82) is 0 Å². The van der Waals surface area contributed by atoms with Crippen LogP contribution >= 0.6 is 0 Å². The number of unbranched alkanes of at least 4 members (excludes halogenated alkanes) is 2. The van der Waals surface area contributed by atoms with E-state index in [2.05, 4.69) is 11.8 Å². The lowest BCUT2D eigenvalue weighted by Gasteiger charge is -2.36. The molecule has 2 amide bonds. The van der Waals surface area contributed by atoms with Gasteiger partial charge in [0.05, 0.1) is 17.1 Å². The van der Waals surface area contributed by atoms with E-state index in [4.69, 9.17) is 5.11 Å². The van der Waals surface area contributed by atoms with Gasteiger partial charge >= 0.3 is 0 Å². The minimum absolute atomic E-state index is 0.0601. The molecule has 0 aliphatic carbocycles. The van der Waals surface area contributed by atoms with E-state index in [1.54, 1.807) is 0 Å². The van der Waals surface area contributed by atoms with Crippen molar-refractivity contribution in [3.63, 3.8) is 0 Å². The number of hydrogen-bond acceptors (Lipinski definition) is 7. The molecule has 0 atom stereocenters. The van der Waals surface area contributed by atoms with Crippen LogP contribution in [-0.4, -0.2) is 82.4 Å². The van der Waals surface area contributed by atoms with Gasteiger partial charge in [0, 0.05) is 51.4 Å². The average molecular weight is 416 g/mol. The Balaban J connectivity index is 1.92. The Labute approximate surface area is 175 Å². The SMILES string of the molecule is CCCCCN1C(=O)C(c2ccc([N+](=O)[O-])cc2)=C(N2CCN(CCO)CC2)C1=O. The topological polar surface area (TPSA) is 107 Å². The third-order valence-corrected chi connectivity index (χ3v) is 5.60. The van der Waals surface area contributed by atoms with Crippen molar-refractivity contribution >= 4 is 23.1 Å². The van der Waals surface area contributed by atoms with E-state index >= 15 is 0 Å². The number of amides is 2. The number of benzene rings is 1. The van der Waals surface area contributed by atoms with E-state index in [0.717, 1.165) is 19.3 Å². The Morgan fingerprint density at radius 3 is 2.23 bits per heavy atom. The fourth-order valence-electron chi connectivity index (χ4n) is 3.93. The molecule has 3 rings (SSSR count). The van der Waals surface area contributed by atoms with Gasteiger partial charge in [-0.1, -0.05) is 19.8 Å². The highest BCUT2D eigenvalue weighted by molar-refractivity contribution is 6.35. The van der Waals surface area contributed by atoms with Gasteiger partial charge in [-0.2, -0.15) is 0 Å². The predicted molar refractivity (Wildman–Crippen MR) is 111 cm³/mol. The van der Waals surface area contributed by atoms with Crippen LogP contribution in [0.5, 0.6) is 0 Å². The van der Waals surface area contributed by atoms with Gasteiger partial charge in [0.15, 0.2) is 0 Å². The largest absolute Gasteiger partial charge is 0.395 e. The number of carbonyl (C=O) groups is 2. The van der Waals surface area contributed by atoms with Gasteiger partial charge in [0.25, 0.3) is 17.5 Å². The Kier molecular flexibility index (Phi) is 7.17. The van der Waals surface area contributed by atoms with E-state index in [9.17, 15) is 19.7 Å². The molecular formula is C21H28N4O5. The summed E-state index contributed by atoms with van der Waals surface area (Å²) in [4.78, 5) is 42.3. The smallest absolute Gasteiger partial charge is 0.277 e. The molecule has 1 aromatic rings. The lowest BCUT2D eigenvalue weighted by Crippen LogP contribution is -2.48. The molecule has 1 saturated heterocycles. The second kappa shape index (κ2) is 9.82. The number of carbonyl (C=O) groups excluding carboxylic acids is 2. The normalized spacial score (nSPS) is 17.9. The Bertz CT molecular complexity index is 828. The number of imide groups is 1. The van der Waals surface area contributed by atoms with E-state index < -0.39 is 4.92 Å². The van der Waals surface area contributed by atoms with Crippen molar-refractivity contribution < 1.29 is 19.6 Å². The third-order valence-electron chi connectivity index (χ3n) is 5.60. The molecule has 0 radical (unpaired) electrons. The molecule has 2 aliphatic rings. The number of rotatable bonds is 9. The van der Waals surface area contributed by atoms with Crippen LogP contribution in [0.1, 0.15) is 31.7 Å². The number of nitro groups is 1. The summed E-state index contributed by atoms with van der Waals surface area (Å²) < 4.78 is 0. The molecular weight excluding hydrogens is 388 g/mol. The van der Waals surface area contributed by atoms with Crippen LogP contribution in [0.3, 0.4) is 0 Å². The maximum atomic E-state index is 13.2. The highest BCUT2D eigenvalue weighted by Gasteiger charge is 2.41. The number of non-ortho nitro benzene ring substituents is 1. The van der Waals surface area contributed by atoms with E-state index in [1.807, 2.05) is 4.90 Å². The molecule has 9 nitrogen and oxygen atoms in total. The first-order chi connectivity index (χ1) is 14.5. The molecule has 1 aromatic carbocycles. The third kappa shape index (κ3) is 4.52. The van der Waals surface area contributed by atoms with Crippen LogP contribution in [-0.2, 0) is 9.59 Å². The second-order valence-electron chi connectivity index (χ2n) is 7.55. The summed E-state index contributed by atoms with van der Waals surface area (Å²) in [6.07, 6.45) is 2.66. The van der Waals surface area contributed by atoms with Crippen molar-refractivity contribution in [1.82, 2.24) is 14.7 Å². The maximum Gasteiger partial charge on any atom is 0.277 e. The minimum atomic E-state index is -0.488. The quantitative estimate of drug-likeness (QED) is 0.281. The fraction of sp³-hybridized carbons (Fsp3) is 0.524. The number of nitrogens with zero attached hydrogens (tertiary/aromatic N) is 4. The lowest BCUT2D eigenvalue weighted by atomic mass is 10.0. The van der Waals surface area contributed by atoms with Crippen molar-refractivity contribution in [2.45, 2.75) is 26.2 Å². The summed E-state index contributed by atoms with van der Waals surface area (Å²) in [5, 5.41) is 20.1. The number of nitro benzene ring substituents is 1. The van der Waals surface area contributed by atoms with Gasteiger partial charge in [0.1, 0.15) is 5.70 Å². The number of aliphatic hydroxyl groups excluding tert-OH is 1. The van der Waals surface area contributed by atoms with Crippen molar-refractivity contribution in [3.05, 3.63) is 45.6 Å². The Hall–Kier alpha value is -2.78. The van der Waals surface area contributed by atoms with E-state index in [1.165, 1.54) is 29.2 Å². The highest BCUT2D eigenvalue weighted by atomic mass is 16.6. The zero-order valence-corrected chi connectivity index (χ0v) is 17.2. The molecule has 0 aromatic heterocycles. The van der Waals surface area contributed by atoms with Gasteiger partial charge < -0.3 is 10.0 Å². The maximum absolute atomic E-state index is 13.2. The number of piperazine rings is 1. The first-order valence-corrected chi connectivity index (χ1v) is 10.4. The van der Waals surface area contributed by atoms with Crippen LogP contribution in [0.2, 0.25) is 0 Å². The van der Waals surface area contributed by atoms with Crippen LogP contribution in [0.25, 0.3) is 5.57 Å². The summed E-state index contributed by atoms with van der Waals surface area (Å²) in [7, 11) is 0. The van der Waals surface area contributed by atoms with Crippen molar-refractivity contribution in [3.8, 4) is 0 Å². The zero-order valence-electron chi connectivity index (χ0n) is 17.2. The molecule has 30 heavy (non-hydrogen) atoms. The molecule has 0 bridgehead atoms. The van der Waals surface area contributed by atoms with E-state index in [-0.39, 0.29) is 24.1 Å². The minimum Gasteiger partial charge on any atom is -0.395 e. The van der Waals surface area contributed by atoms with Gasteiger partial charge in [-0.05, 0) is 24.1 Å². The average Bonchev–Trinajstić information content (AvgIpc) is 2.99. The first kappa shape index (κ1) is 21.9. The fourth-order valence-corrected chi connectivity index (χ4v) is 3.93. The summed E-state index contributed by atoms with van der Waals surface area (Å²) in [6.45, 7) is 5.63. The Morgan fingerprint density at radius 1 is 1.00 bits per heavy atom. The summed E-state index contributed by atoms with van der Waals surface area (Å²) in [5.74, 6) is -0.627. The van der Waals surface area contributed by atoms with Crippen LogP contribution in [0.4, 0.5) is 5.69 Å². The van der Waals surface area contributed by atoms with Gasteiger partial charge in [-0.3, -0.25) is 29.5 Å². The zero-order chi connectivity index (χ0) is 21.7. The molecule has 9 heteroatoms. The molecule has 2 aliphatic heterocycles. The molecule has 1 fully saturated rings. The van der Waals surface area contributed by atoms with Gasteiger partial charge in [-0.25, -0.2) is 0 Å². The van der Waals surface area contributed by atoms with Crippen molar-refractivity contribution in [2.24, 2.45) is 0 Å². The molecule has 162 valence electrons. The van der Waals surface area contributed by atoms with Crippen LogP contribution in [0.15, 0.2) is 30.0 Å².